The Kier molecular flexibility index (Phi) is 4.86. The highest BCUT2D eigenvalue weighted by Gasteiger charge is 2.06. The van der Waals surface area contributed by atoms with Crippen LogP contribution in [0.3, 0.4) is 0 Å². The van der Waals surface area contributed by atoms with E-state index in [0.717, 1.165) is 30.9 Å². The number of unbranched alkanes of at least 4 members (excludes halogenated alkanes) is 1. The topological polar surface area (TPSA) is 85.8 Å². The molecule has 0 atom stereocenters. The van der Waals surface area contributed by atoms with Crippen molar-refractivity contribution >= 4 is 5.97 Å². The Balaban J connectivity index is 1.84. The van der Waals surface area contributed by atoms with Crippen molar-refractivity contribution in [1.82, 2.24) is 24.5 Å². The molecule has 2 rings (SSSR count). The van der Waals surface area contributed by atoms with E-state index in [1.54, 1.807) is 10.9 Å². The van der Waals surface area contributed by atoms with Gasteiger partial charge in [-0.05, 0) is 26.2 Å². The van der Waals surface area contributed by atoms with Crippen LogP contribution >= 0.6 is 0 Å². The molecule has 0 aliphatic heterocycles. The molecular weight excluding hydrogens is 258 g/mol. The van der Waals surface area contributed by atoms with Crippen LogP contribution in [-0.2, 0) is 24.3 Å². The van der Waals surface area contributed by atoms with Gasteiger partial charge in [0.2, 0.25) is 0 Å². The molecule has 0 fully saturated rings. The minimum atomic E-state index is -0.750. The maximum absolute atomic E-state index is 10.4. The van der Waals surface area contributed by atoms with Crippen LogP contribution in [0.1, 0.15) is 37.7 Å². The molecule has 2 aromatic heterocycles. The molecule has 2 aromatic rings. The third-order valence-electron chi connectivity index (χ3n) is 3.11. The van der Waals surface area contributed by atoms with Gasteiger partial charge in [0, 0.05) is 31.6 Å². The molecule has 0 bridgehead atoms. The molecule has 0 saturated heterocycles. The van der Waals surface area contributed by atoms with Gasteiger partial charge in [-0.1, -0.05) is 5.21 Å². The number of rotatable bonds is 8. The van der Waals surface area contributed by atoms with Crippen LogP contribution in [0.4, 0.5) is 0 Å². The number of hydrogen-bond acceptors (Lipinski definition) is 4. The molecule has 0 aliphatic rings. The SMILES string of the molecule is CCn1ccnc1Cn1cc(CCCCC(=O)O)nn1. The van der Waals surface area contributed by atoms with Gasteiger partial charge in [0.25, 0.3) is 0 Å². The van der Waals surface area contributed by atoms with Crippen molar-refractivity contribution in [2.24, 2.45) is 0 Å². The van der Waals surface area contributed by atoms with Gasteiger partial charge in [-0.3, -0.25) is 4.79 Å². The first-order valence-electron chi connectivity index (χ1n) is 6.80. The molecule has 0 aliphatic carbocycles. The van der Waals surface area contributed by atoms with E-state index in [-0.39, 0.29) is 6.42 Å². The predicted molar refractivity (Wildman–Crippen MR) is 72.2 cm³/mol. The smallest absolute Gasteiger partial charge is 0.303 e. The average molecular weight is 277 g/mol. The standard InChI is InChI=1S/C13H19N5O2/c1-2-17-8-7-14-12(17)10-18-9-11(15-16-18)5-3-4-6-13(19)20/h7-9H,2-6,10H2,1H3,(H,19,20). The Morgan fingerprint density at radius 2 is 2.25 bits per heavy atom. The zero-order valence-corrected chi connectivity index (χ0v) is 11.6. The summed E-state index contributed by atoms with van der Waals surface area (Å²) in [6.07, 6.45) is 8.08. The third kappa shape index (κ3) is 3.91. The summed E-state index contributed by atoms with van der Waals surface area (Å²) >= 11 is 0. The second kappa shape index (κ2) is 6.83. The molecule has 7 nitrogen and oxygen atoms in total. The second-order valence-corrected chi connectivity index (χ2v) is 4.64. The summed E-state index contributed by atoms with van der Waals surface area (Å²) in [6.45, 7) is 3.55. The Bertz CT molecular complexity index is 561. The van der Waals surface area contributed by atoms with E-state index in [4.69, 9.17) is 5.11 Å². The highest BCUT2D eigenvalue weighted by atomic mass is 16.4. The summed E-state index contributed by atoms with van der Waals surface area (Å²) in [7, 11) is 0. The Hall–Kier alpha value is -2.18. The summed E-state index contributed by atoms with van der Waals surface area (Å²) in [4.78, 5) is 14.7. The van der Waals surface area contributed by atoms with Crippen molar-refractivity contribution < 1.29 is 9.90 Å². The van der Waals surface area contributed by atoms with Crippen LogP contribution in [0.2, 0.25) is 0 Å². The van der Waals surface area contributed by atoms with Gasteiger partial charge in [0.1, 0.15) is 12.4 Å². The van der Waals surface area contributed by atoms with E-state index >= 15 is 0 Å². The fourth-order valence-corrected chi connectivity index (χ4v) is 2.04. The quantitative estimate of drug-likeness (QED) is 0.736. The van der Waals surface area contributed by atoms with Gasteiger partial charge in [0.05, 0.1) is 5.69 Å². The van der Waals surface area contributed by atoms with Crippen molar-refractivity contribution in [3.8, 4) is 0 Å². The second-order valence-electron chi connectivity index (χ2n) is 4.64. The Labute approximate surface area is 117 Å². The molecule has 0 aromatic carbocycles. The number of aromatic nitrogens is 5. The average Bonchev–Trinajstić information content (AvgIpc) is 3.04. The van der Waals surface area contributed by atoms with Gasteiger partial charge < -0.3 is 9.67 Å². The largest absolute Gasteiger partial charge is 0.481 e. The van der Waals surface area contributed by atoms with Crippen molar-refractivity contribution in [2.45, 2.75) is 45.7 Å². The molecule has 7 heteroatoms. The van der Waals surface area contributed by atoms with Crippen LogP contribution in [0.25, 0.3) is 0 Å². The van der Waals surface area contributed by atoms with Crippen molar-refractivity contribution in [3.63, 3.8) is 0 Å². The fraction of sp³-hybridized carbons (Fsp3) is 0.538. The number of aliphatic carboxylic acids is 1. The van der Waals surface area contributed by atoms with E-state index in [1.165, 1.54) is 0 Å². The van der Waals surface area contributed by atoms with Crippen LogP contribution in [0.5, 0.6) is 0 Å². The highest BCUT2D eigenvalue weighted by Crippen LogP contribution is 2.05. The lowest BCUT2D eigenvalue weighted by Gasteiger charge is -2.03. The first-order valence-corrected chi connectivity index (χ1v) is 6.80. The molecule has 1 N–H and O–H groups in total. The normalized spacial score (nSPS) is 10.8. The van der Waals surface area contributed by atoms with Crippen LogP contribution in [0, 0.1) is 0 Å². The molecule has 0 radical (unpaired) electrons. The number of imidazole rings is 1. The first kappa shape index (κ1) is 14.2. The molecule has 0 unspecified atom stereocenters. The highest BCUT2D eigenvalue weighted by molar-refractivity contribution is 5.66. The van der Waals surface area contributed by atoms with Crippen LogP contribution in [-0.4, -0.2) is 35.6 Å². The zero-order chi connectivity index (χ0) is 14.4. The lowest BCUT2D eigenvalue weighted by molar-refractivity contribution is -0.137. The molecule has 108 valence electrons. The summed E-state index contributed by atoms with van der Waals surface area (Å²) in [5.74, 6) is 0.204. The molecular formula is C13H19N5O2. The first-order chi connectivity index (χ1) is 9.69. The summed E-state index contributed by atoms with van der Waals surface area (Å²) < 4.78 is 3.83. The summed E-state index contributed by atoms with van der Waals surface area (Å²) in [5.41, 5.74) is 0.894. The van der Waals surface area contributed by atoms with Gasteiger partial charge in [-0.2, -0.15) is 0 Å². The van der Waals surface area contributed by atoms with Crippen molar-refractivity contribution in [2.75, 3.05) is 0 Å². The van der Waals surface area contributed by atoms with E-state index < -0.39 is 5.97 Å². The molecule has 2 heterocycles. The number of carboxylic acids is 1. The van der Waals surface area contributed by atoms with Crippen LogP contribution in [0.15, 0.2) is 18.6 Å². The number of carbonyl (C=O) groups is 1. The van der Waals surface area contributed by atoms with Gasteiger partial charge in [-0.15, -0.1) is 5.10 Å². The van der Waals surface area contributed by atoms with Gasteiger partial charge >= 0.3 is 5.97 Å². The molecule has 20 heavy (non-hydrogen) atoms. The zero-order valence-electron chi connectivity index (χ0n) is 11.6. The third-order valence-corrected chi connectivity index (χ3v) is 3.11. The number of aryl methyl sites for hydroxylation is 2. The van der Waals surface area contributed by atoms with E-state index in [2.05, 4.69) is 26.8 Å². The number of nitrogens with zero attached hydrogens (tertiary/aromatic N) is 5. The van der Waals surface area contributed by atoms with E-state index in [1.807, 2.05) is 12.4 Å². The fourth-order valence-electron chi connectivity index (χ4n) is 2.04. The lowest BCUT2D eigenvalue weighted by atomic mass is 10.1. The van der Waals surface area contributed by atoms with Gasteiger partial charge in [-0.25, -0.2) is 9.67 Å². The minimum absolute atomic E-state index is 0.210. The lowest BCUT2D eigenvalue weighted by Crippen LogP contribution is -2.08. The van der Waals surface area contributed by atoms with Crippen LogP contribution < -0.4 is 0 Å². The minimum Gasteiger partial charge on any atom is -0.481 e. The monoisotopic (exact) mass is 277 g/mol. The van der Waals surface area contributed by atoms with E-state index in [0.29, 0.717) is 13.0 Å². The number of carboxylic acid groups (broad SMARTS) is 1. The van der Waals surface area contributed by atoms with E-state index in [9.17, 15) is 4.79 Å². The predicted octanol–water partition coefficient (Wildman–Crippen LogP) is 1.34. The summed E-state index contributed by atoms with van der Waals surface area (Å²) in [6, 6.07) is 0. The Morgan fingerprint density at radius 3 is 3.00 bits per heavy atom. The maximum Gasteiger partial charge on any atom is 0.303 e. The Morgan fingerprint density at radius 1 is 1.40 bits per heavy atom. The summed E-state index contributed by atoms with van der Waals surface area (Å²) in [5, 5.41) is 16.7. The molecule has 0 amide bonds. The molecule has 0 saturated carbocycles. The maximum atomic E-state index is 10.4. The van der Waals surface area contributed by atoms with Crippen molar-refractivity contribution in [1.29, 1.82) is 0 Å². The number of hydrogen-bond donors (Lipinski definition) is 1. The van der Waals surface area contributed by atoms with Gasteiger partial charge in [0.15, 0.2) is 0 Å². The molecule has 0 spiro atoms. The van der Waals surface area contributed by atoms with Crippen molar-refractivity contribution in [3.05, 3.63) is 30.1 Å².